The molecule has 0 saturated carbocycles. The molecule has 386 valence electrons. The van der Waals surface area contributed by atoms with Crippen molar-refractivity contribution in [1.82, 2.24) is 0 Å². The monoisotopic (exact) mass is 1040 g/mol. The van der Waals surface area contributed by atoms with Crippen molar-refractivity contribution in [1.29, 1.82) is 0 Å². The van der Waals surface area contributed by atoms with E-state index in [9.17, 15) is 0 Å². The summed E-state index contributed by atoms with van der Waals surface area (Å²) in [5, 5.41) is 1.22. The molecular weight excluding hydrogens is 959 g/mol. The molecule has 15 heteroatoms. The van der Waals surface area contributed by atoms with Gasteiger partial charge < -0.3 is 9.80 Å². The van der Waals surface area contributed by atoms with Crippen LogP contribution in [0.5, 0.6) is 0 Å². The SMILES string of the molecule is Bc1cc(C(C)(C)c2ccc3c(c2)B2c4sc5cc6c(cc5c4N(c4ccc(C(C)(C)C)cc4)c4cc(C(B)(B)B)cc(c42)N3c2ccc(C(C)(C)C)cc2-c2c(B)c(B)c(B)c(B)c2B)C(C)(C)CCC6(C)C)cc(B)c1B. The van der Waals surface area contributed by atoms with Crippen molar-refractivity contribution in [2.45, 2.75) is 128 Å². The fraction of sp³-hybridized carbons (Fsp3) is 0.312. The number of hydrogen-bond donors (Lipinski definition) is 0. The van der Waals surface area contributed by atoms with Crippen molar-refractivity contribution >= 4 is 208 Å². The van der Waals surface area contributed by atoms with Gasteiger partial charge in [0.25, 0.3) is 6.71 Å². The van der Waals surface area contributed by atoms with Gasteiger partial charge in [-0.15, -0.1) is 33.2 Å². The molecule has 2 nitrogen and oxygen atoms in total. The van der Waals surface area contributed by atoms with Crippen molar-refractivity contribution < 1.29 is 0 Å². The second-order valence-electron chi connectivity index (χ2n) is 29.7. The summed E-state index contributed by atoms with van der Waals surface area (Å²) in [7, 11) is 25.8. The quantitative estimate of drug-likeness (QED) is 0.198. The number of anilines is 6. The molecule has 79 heavy (non-hydrogen) atoms. The predicted molar refractivity (Wildman–Crippen MR) is 385 cm³/mol. The molecule has 3 aliphatic rings. The van der Waals surface area contributed by atoms with Gasteiger partial charge in [-0.05, 0) is 139 Å². The number of benzene rings is 7. The van der Waals surface area contributed by atoms with Crippen LogP contribution in [0.4, 0.5) is 34.1 Å². The third kappa shape index (κ3) is 8.81. The maximum absolute atomic E-state index is 2.73. The number of hydrogen-bond acceptors (Lipinski definition) is 3. The maximum atomic E-state index is 2.73. The van der Waals surface area contributed by atoms with Crippen LogP contribution < -0.4 is 69.2 Å². The highest BCUT2D eigenvalue weighted by Crippen LogP contribution is 2.54. The van der Waals surface area contributed by atoms with Gasteiger partial charge >= 0.3 is 0 Å². The summed E-state index contributed by atoms with van der Waals surface area (Å²) >= 11 is 2.06. The Morgan fingerprint density at radius 3 is 1.54 bits per heavy atom. The van der Waals surface area contributed by atoms with Crippen molar-refractivity contribution in [2.75, 3.05) is 9.80 Å². The van der Waals surface area contributed by atoms with Gasteiger partial charge in [-0.2, -0.15) is 0 Å². The molecule has 0 fully saturated rings. The fourth-order valence-corrected chi connectivity index (χ4v) is 15.2. The van der Waals surface area contributed by atoms with Crippen LogP contribution in [0.1, 0.15) is 135 Å². The molecule has 1 aliphatic carbocycles. The van der Waals surface area contributed by atoms with Crippen LogP contribution >= 0.6 is 11.3 Å². The maximum Gasteiger partial charge on any atom is 0.264 e. The number of nitrogens with zero attached hydrogens (tertiary/aromatic N) is 2. The molecule has 0 saturated heterocycles. The van der Waals surface area contributed by atoms with Crippen LogP contribution in [-0.2, 0) is 32.2 Å². The molecule has 11 rings (SSSR count). The van der Waals surface area contributed by atoms with E-state index in [-0.39, 0.29) is 38.9 Å². The van der Waals surface area contributed by atoms with Crippen LogP contribution in [0.3, 0.4) is 0 Å². The molecule has 0 unspecified atom stereocenters. The van der Waals surface area contributed by atoms with Crippen LogP contribution in [0, 0.1) is 0 Å². The van der Waals surface area contributed by atoms with Gasteiger partial charge in [0, 0.05) is 48.6 Å². The molecule has 2 aliphatic heterocycles. The average molecular weight is 1040 g/mol. The second-order valence-corrected chi connectivity index (χ2v) is 30.8. The second kappa shape index (κ2) is 18.4. The Hall–Kier alpha value is -5.12. The molecular formula is C64H78B12N2S. The summed E-state index contributed by atoms with van der Waals surface area (Å²) in [4.78, 5) is 5.45. The van der Waals surface area contributed by atoms with Gasteiger partial charge in [0.1, 0.15) is 62.8 Å². The fourth-order valence-electron chi connectivity index (χ4n) is 13.9. The highest BCUT2D eigenvalue weighted by Gasteiger charge is 2.48. The first-order valence-corrected chi connectivity index (χ1v) is 30.4. The zero-order valence-electron chi connectivity index (χ0n) is 52.5. The number of fused-ring (bicyclic) bond motifs is 7. The molecule has 0 bridgehead atoms. The smallest absolute Gasteiger partial charge is 0.264 e. The van der Waals surface area contributed by atoms with Crippen molar-refractivity contribution in [3.05, 3.63) is 136 Å². The minimum absolute atomic E-state index is 0.0195. The highest BCUT2D eigenvalue weighted by molar-refractivity contribution is 7.33. The van der Waals surface area contributed by atoms with Crippen molar-refractivity contribution in [3.63, 3.8) is 0 Å². The minimum Gasteiger partial charge on any atom is -0.311 e. The summed E-state index contributed by atoms with van der Waals surface area (Å²) in [5.74, 6) is 0. The van der Waals surface area contributed by atoms with Gasteiger partial charge in [0.05, 0.1) is 34.9 Å². The van der Waals surface area contributed by atoms with E-state index < -0.39 is 0 Å². The highest BCUT2D eigenvalue weighted by atomic mass is 32.1. The molecule has 0 spiro atoms. The van der Waals surface area contributed by atoms with E-state index in [0.717, 1.165) is 0 Å². The Balaban J connectivity index is 1.32. The first kappa shape index (κ1) is 55.8. The summed E-state index contributed by atoms with van der Waals surface area (Å²) in [6.07, 6.45) is 2.36. The van der Waals surface area contributed by atoms with E-state index in [0.29, 0.717) is 0 Å². The van der Waals surface area contributed by atoms with Gasteiger partial charge in [-0.25, -0.2) is 0 Å². The van der Waals surface area contributed by atoms with Crippen LogP contribution in [0.15, 0.2) is 97.1 Å². The zero-order chi connectivity index (χ0) is 57.3. The van der Waals surface area contributed by atoms with Crippen molar-refractivity contribution in [2.24, 2.45) is 0 Å². The minimum atomic E-state index is -0.276. The molecule has 0 radical (unpaired) electrons. The largest absolute Gasteiger partial charge is 0.311 e. The van der Waals surface area contributed by atoms with E-state index >= 15 is 0 Å². The molecule has 0 amide bonds. The van der Waals surface area contributed by atoms with Crippen LogP contribution in [0.2, 0.25) is 0 Å². The summed E-state index contributed by atoms with van der Waals surface area (Å²) in [6.45, 7) is 28.9. The Morgan fingerprint density at radius 1 is 0.481 bits per heavy atom. The third-order valence-corrected chi connectivity index (χ3v) is 21.4. The Bertz CT molecular complexity index is 3840. The van der Waals surface area contributed by atoms with Gasteiger partial charge in [0.2, 0.25) is 0 Å². The zero-order valence-corrected chi connectivity index (χ0v) is 53.3. The predicted octanol–water partition coefficient (Wildman–Crippen LogP) is -1.00. The third-order valence-electron chi connectivity index (χ3n) is 20.2. The topological polar surface area (TPSA) is 6.48 Å². The van der Waals surface area contributed by atoms with Crippen LogP contribution in [-0.4, -0.2) is 93.0 Å². The lowest BCUT2D eigenvalue weighted by Crippen LogP contribution is -2.61. The lowest BCUT2D eigenvalue weighted by molar-refractivity contribution is 0.332. The first-order valence-electron chi connectivity index (χ1n) is 29.6. The van der Waals surface area contributed by atoms with Gasteiger partial charge in [-0.3, -0.25) is 0 Å². The lowest BCUT2D eigenvalue weighted by Gasteiger charge is -2.45. The number of rotatable bonds is 6. The van der Waals surface area contributed by atoms with Gasteiger partial charge in [-0.1, -0.05) is 158 Å². The molecule has 0 N–H and O–H groups in total. The molecule has 0 atom stereocenters. The van der Waals surface area contributed by atoms with E-state index in [2.05, 4.69) is 288 Å². The molecule has 7 aromatic carbocycles. The Labute approximate surface area is 489 Å². The summed E-state index contributed by atoms with van der Waals surface area (Å²) < 4.78 is 2.82. The first-order chi connectivity index (χ1) is 36.6. The summed E-state index contributed by atoms with van der Waals surface area (Å²) in [5.41, 5.74) is 33.6. The Morgan fingerprint density at radius 2 is 0.987 bits per heavy atom. The normalized spacial score (nSPS) is 15.7. The van der Waals surface area contributed by atoms with Crippen molar-refractivity contribution in [3.8, 4) is 11.1 Å². The van der Waals surface area contributed by atoms with E-state index in [1.54, 1.807) is 0 Å². The standard InChI is InChI=1S/C64H78B12N2S/c1-59(2,3)31-13-17-36(18-14-31)77-46-27-35(64(73,74)75)28-47-56(46)76(58-57(77)38-29-39-40(30-48(38)79-58)62(9,10)22-21-61(39,7)8)43-26-33(63(11,12)34-24-41(65)50(67)42(66)25-34)16-20-45(43)78(47)44-19-15-32(60(4,5)6)23-37(44)49-51(68)53(70)55(72)54(71)52(49)69/h13-20,23-30H,21-22,65-75H2,1-12H3. The number of thiophene rings is 1. The molecule has 3 heterocycles. The summed E-state index contributed by atoms with van der Waals surface area (Å²) in [6, 6.07) is 40.2. The van der Waals surface area contributed by atoms with E-state index in [4.69, 9.17) is 0 Å². The van der Waals surface area contributed by atoms with Crippen LogP contribution in [0.25, 0.3) is 21.2 Å². The molecule has 8 aromatic rings. The lowest BCUT2D eigenvalue weighted by atomic mass is 9.35. The van der Waals surface area contributed by atoms with Gasteiger partial charge in [0.15, 0.2) is 0 Å². The average Bonchev–Trinajstić information content (AvgIpc) is 4.00. The van der Waals surface area contributed by atoms with E-state index in [1.807, 2.05) is 0 Å². The molecule has 1 aromatic heterocycles. The van der Waals surface area contributed by atoms with E-state index in [1.165, 1.54) is 167 Å². The Kier molecular flexibility index (Phi) is 13.0.